The van der Waals surface area contributed by atoms with Crippen LogP contribution in [0.15, 0.2) is 36.4 Å². The van der Waals surface area contributed by atoms with Crippen LogP contribution in [0.4, 0.5) is 5.69 Å². The quantitative estimate of drug-likeness (QED) is 0.729. The van der Waals surface area contributed by atoms with Gasteiger partial charge in [-0.2, -0.15) is 0 Å². The fourth-order valence-corrected chi connectivity index (χ4v) is 2.99. The summed E-state index contributed by atoms with van der Waals surface area (Å²) in [6, 6.07) is 12.3. The summed E-state index contributed by atoms with van der Waals surface area (Å²) in [5.74, 6) is 0.619. The van der Waals surface area contributed by atoms with Crippen LogP contribution in [-0.2, 0) is 15.6 Å². The van der Waals surface area contributed by atoms with E-state index in [0.717, 1.165) is 22.6 Å². The van der Waals surface area contributed by atoms with E-state index < -0.39 is 0 Å². The van der Waals surface area contributed by atoms with E-state index in [9.17, 15) is 4.79 Å². The van der Waals surface area contributed by atoms with E-state index in [1.54, 1.807) is 0 Å². The van der Waals surface area contributed by atoms with E-state index in [1.165, 1.54) is 11.1 Å². The molecule has 0 atom stereocenters. The number of hydrogen-bond donors (Lipinski definition) is 1. The van der Waals surface area contributed by atoms with Crippen molar-refractivity contribution in [3.8, 4) is 5.75 Å². The smallest absolute Gasteiger partial charge is 0.262 e. The van der Waals surface area contributed by atoms with Gasteiger partial charge in [0, 0.05) is 5.69 Å². The number of aryl methyl sites for hydroxylation is 2. The predicted octanol–water partition coefficient (Wildman–Crippen LogP) is 5.92. The zero-order chi connectivity index (χ0) is 20.4. The first kappa shape index (κ1) is 21.0. The van der Waals surface area contributed by atoms with Gasteiger partial charge in [-0.05, 0) is 53.5 Å². The van der Waals surface area contributed by atoms with Gasteiger partial charge in [0.05, 0.1) is 0 Å². The fraction of sp³-hybridized carbons (Fsp3) is 0.458. The molecule has 1 amide bonds. The highest BCUT2D eigenvalue weighted by Gasteiger charge is 2.23. The number of carbonyl (C=O) groups is 1. The lowest BCUT2D eigenvalue weighted by Crippen LogP contribution is -2.23. The van der Waals surface area contributed by atoms with Crippen molar-refractivity contribution in [1.29, 1.82) is 0 Å². The van der Waals surface area contributed by atoms with Gasteiger partial charge < -0.3 is 10.1 Å². The van der Waals surface area contributed by atoms with Gasteiger partial charge in [-0.1, -0.05) is 71.4 Å². The molecule has 0 aliphatic carbocycles. The van der Waals surface area contributed by atoms with E-state index in [0.29, 0.717) is 0 Å². The van der Waals surface area contributed by atoms with Crippen LogP contribution in [0.1, 0.15) is 63.8 Å². The number of rotatable bonds is 4. The summed E-state index contributed by atoms with van der Waals surface area (Å²) in [4.78, 5) is 12.4. The molecule has 0 bridgehead atoms. The molecule has 0 aromatic heterocycles. The minimum atomic E-state index is -0.151. The van der Waals surface area contributed by atoms with Crippen LogP contribution in [0.3, 0.4) is 0 Å². The second kappa shape index (κ2) is 7.75. The monoisotopic (exact) mass is 367 g/mol. The van der Waals surface area contributed by atoms with Crippen molar-refractivity contribution in [2.75, 3.05) is 11.9 Å². The molecule has 0 radical (unpaired) electrons. The number of nitrogens with one attached hydrogen (secondary N) is 1. The van der Waals surface area contributed by atoms with Gasteiger partial charge in [0.2, 0.25) is 0 Å². The molecule has 0 saturated heterocycles. The lowest BCUT2D eigenvalue weighted by Gasteiger charge is -2.27. The van der Waals surface area contributed by atoms with E-state index in [-0.39, 0.29) is 23.3 Å². The van der Waals surface area contributed by atoms with E-state index in [4.69, 9.17) is 4.74 Å². The van der Waals surface area contributed by atoms with Crippen LogP contribution in [0, 0.1) is 13.8 Å². The molecule has 0 spiro atoms. The molecule has 0 unspecified atom stereocenters. The highest BCUT2D eigenvalue weighted by atomic mass is 16.5. The van der Waals surface area contributed by atoms with Gasteiger partial charge in [-0.15, -0.1) is 0 Å². The normalized spacial score (nSPS) is 12.0. The number of amides is 1. The summed E-state index contributed by atoms with van der Waals surface area (Å²) in [5, 5.41) is 2.94. The largest absolute Gasteiger partial charge is 0.483 e. The molecular formula is C24H33NO2. The average molecular weight is 368 g/mol. The van der Waals surface area contributed by atoms with Gasteiger partial charge in [-0.25, -0.2) is 0 Å². The van der Waals surface area contributed by atoms with Crippen molar-refractivity contribution in [3.63, 3.8) is 0 Å². The first-order valence-electron chi connectivity index (χ1n) is 9.53. The Morgan fingerprint density at radius 3 is 2.15 bits per heavy atom. The maximum atomic E-state index is 12.4. The van der Waals surface area contributed by atoms with Gasteiger partial charge in [0.25, 0.3) is 5.91 Å². The fourth-order valence-electron chi connectivity index (χ4n) is 2.99. The summed E-state index contributed by atoms with van der Waals surface area (Å²) < 4.78 is 5.92. The maximum absolute atomic E-state index is 12.4. The molecule has 0 aliphatic rings. The zero-order valence-corrected chi connectivity index (χ0v) is 18.0. The van der Waals surface area contributed by atoms with Gasteiger partial charge in [0.1, 0.15) is 5.75 Å². The number of carbonyl (C=O) groups excluding carboxylic acids is 1. The first-order chi connectivity index (χ1) is 12.4. The van der Waals surface area contributed by atoms with E-state index in [1.807, 2.05) is 32.0 Å². The molecule has 2 rings (SSSR count). The van der Waals surface area contributed by atoms with Crippen molar-refractivity contribution >= 4 is 11.6 Å². The zero-order valence-electron chi connectivity index (χ0n) is 18.0. The standard InChI is InChI=1S/C24H33NO2/c1-16-9-11-20(17(2)13-16)25-22(26)15-27-21-12-10-18(23(3,4)5)14-19(21)24(6,7)8/h9-14H,15H2,1-8H3,(H,25,26). The number of ether oxygens (including phenoxy) is 1. The summed E-state index contributed by atoms with van der Waals surface area (Å²) in [6.45, 7) is 17.1. The van der Waals surface area contributed by atoms with Crippen LogP contribution >= 0.6 is 0 Å². The molecule has 0 heterocycles. The third-order valence-corrected chi connectivity index (χ3v) is 4.67. The summed E-state index contributed by atoms with van der Waals surface area (Å²) in [5.41, 5.74) is 5.44. The van der Waals surface area contributed by atoms with Crippen molar-refractivity contribution in [1.82, 2.24) is 0 Å². The molecule has 2 aromatic rings. The maximum Gasteiger partial charge on any atom is 0.262 e. The molecular weight excluding hydrogens is 334 g/mol. The van der Waals surface area contributed by atoms with Gasteiger partial charge in [-0.3, -0.25) is 4.79 Å². The number of benzene rings is 2. The Morgan fingerprint density at radius 2 is 1.59 bits per heavy atom. The highest BCUT2D eigenvalue weighted by Crippen LogP contribution is 2.35. The van der Waals surface area contributed by atoms with Crippen molar-refractivity contribution in [2.45, 2.75) is 66.2 Å². The van der Waals surface area contributed by atoms with Crippen LogP contribution in [0.25, 0.3) is 0 Å². The third-order valence-electron chi connectivity index (χ3n) is 4.67. The molecule has 27 heavy (non-hydrogen) atoms. The molecule has 0 aliphatic heterocycles. The van der Waals surface area contributed by atoms with Crippen molar-refractivity contribution in [3.05, 3.63) is 58.7 Å². The summed E-state index contributed by atoms with van der Waals surface area (Å²) in [6.07, 6.45) is 0. The van der Waals surface area contributed by atoms with Crippen LogP contribution in [0.5, 0.6) is 5.75 Å². The van der Waals surface area contributed by atoms with Crippen molar-refractivity contribution < 1.29 is 9.53 Å². The van der Waals surface area contributed by atoms with Gasteiger partial charge >= 0.3 is 0 Å². The lowest BCUT2D eigenvalue weighted by atomic mass is 9.80. The summed E-state index contributed by atoms with van der Waals surface area (Å²) in [7, 11) is 0. The lowest BCUT2D eigenvalue weighted by molar-refractivity contribution is -0.118. The molecule has 2 aromatic carbocycles. The average Bonchev–Trinajstić information content (AvgIpc) is 2.53. The van der Waals surface area contributed by atoms with E-state index in [2.05, 4.69) is 65.1 Å². The Kier molecular flexibility index (Phi) is 6.04. The second-order valence-electron chi connectivity index (χ2n) is 9.37. The molecule has 3 nitrogen and oxygen atoms in total. The second-order valence-corrected chi connectivity index (χ2v) is 9.37. The first-order valence-corrected chi connectivity index (χ1v) is 9.53. The molecule has 0 saturated carbocycles. The predicted molar refractivity (Wildman–Crippen MR) is 114 cm³/mol. The Balaban J connectivity index is 2.15. The molecule has 3 heteroatoms. The SMILES string of the molecule is Cc1ccc(NC(=O)COc2ccc(C(C)(C)C)cc2C(C)(C)C)c(C)c1. The van der Waals surface area contributed by atoms with Crippen LogP contribution in [-0.4, -0.2) is 12.5 Å². The Hall–Kier alpha value is -2.29. The number of hydrogen-bond acceptors (Lipinski definition) is 2. The molecule has 1 N–H and O–H groups in total. The Bertz CT molecular complexity index is 823. The van der Waals surface area contributed by atoms with Crippen molar-refractivity contribution in [2.24, 2.45) is 0 Å². The van der Waals surface area contributed by atoms with E-state index >= 15 is 0 Å². The Morgan fingerprint density at radius 1 is 0.926 bits per heavy atom. The third kappa shape index (κ3) is 5.59. The highest BCUT2D eigenvalue weighted by molar-refractivity contribution is 5.92. The molecule has 0 fully saturated rings. The molecule has 146 valence electrons. The topological polar surface area (TPSA) is 38.3 Å². The number of anilines is 1. The van der Waals surface area contributed by atoms with Crippen LogP contribution < -0.4 is 10.1 Å². The minimum Gasteiger partial charge on any atom is -0.483 e. The Labute approximate surface area is 164 Å². The summed E-state index contributed by atoms with van der Waals surface area (Å²) >= 11 is 0. The van der Waals surface area contributed by atoms with Gasteiger partial charge in [0.15, 0.2) is 6.61 Å². The van der Waals surface area contributed by atoms with Crippen LogP contribution in [0.2, 0.25) is 0 Å². The minimum absolute atomic E-state index is 0.00867.